The van der Waals surface area contributed by atoms with Gasteiger partial charge in [0.2, 0.25) is 0 Å². The van der Waals surface area contributed by atoms with Gasteiger partial charge in [0.1, 0.15) is 0 Å². The van der Waals surface area contributed by atoms with E-state index in [1.165, 1.54) is 25.7 Å². The minimum Gasteiger partial charge on any atom is -0.351 e. The number of nitrogens with one attached hydrogen (secondary N) is 1. The van der Waals surface area contributed by atoms with E-state index in [4.69, 9.17) is 0 Å². The summed E-state index contributed by atoms with van der Waals surface area (Å²) < 4.78 is 1.31. The lowest BCUT2D eigenvalue weighted by Crippen LogP contribution is -2.38. The molecule has 0 aromatic heterocycles. The molecule has 0 saturated heterocycles. The lowest BCUT2D eigenvalue weighted by molar-refractivity contribution is 0.0949. The van der Waals surface area contributed by atoms with Crippen LogP contribution in [0.1, 0.15) is 41.6 Å². The van der Waals surface area contributed by atoms with Gasteiger partial charge in [0.25, 0.3) is 5.91 Å². The average Bonchev–Trinajstić information content (AvgIpc) is 2.89. The number of halogens is 1. The van der Waals surface area contributed by atoms with Crippen LogP contribution in [-0.2, 0) is 0 Å². The number of amides is 1. The van der Waals surface area contributed by atoms with Crippen LogP contribution in [0, 0.1) is 6.92 Å². The molecule has 0 spiro atoms. The predicted molar refractivity (Wildman–Crippen MR) is 85.9 cm³/mol. The summed E-state index contributed by atoms with van der Waals surface area (Å²) in [7, 11) is 0. The Bertz CT molecular complexity index is 469. The summed E-state index contributed by atoms with van der Waals surface area (Å²) in [5.74, 6) is 0.0379. The average molecular weight is 342 g/mol. The molecule has 1 aliphatic carbocycles. The van der Waals surface area contributed by atoms with Crippen molar-refractivity contribution in [1.82, 2.24) is 5.32 Å². The maximum atomic E-state index is 12.2. The normalized spacial score (nSPS) is 17.4. The fraction of sp³-hybridized carbons (Fsp3) is 0.533. The second-order valence-electron chi connectivity index (χ2n) is 5.24. The predicted octanol–water partition coefficient (Wildman–Crippen LogP) is 4.16. The smallest absolute Gasteiger partial charge is 0.251 e. The minimum absolute atomic E-state index is 0.0379. The van der Waals surface area contributed by atoms with E-state index in [0.29, 0.717) is 0 Å². The number of hydrogen-bond acceptors (Lipinski definition) is 2. The summed E-state index contributed by atoms with van der Waals surface area (Å²) in [6.45, 7) is 2.78. The number of benzene rings is 1. The van der Waals surface area contributed by atoms with Gasteiger partial charge in [0.15, 0.2) is 0 Å². The van der Waals surface area contributed by atoms with E-state index in [1.807, 2.05) is 36.9 Å². The van der Waals surface area contributed by atoms with Crippen molar-refractivity contribution in [3.05, 3.63) is 33.8 Å². The molecule has 1 amide bonds. The van der Waals surface area contributed by atoms with Crippen LogP contribution in [0.4, 0.5) is 0 Å². The quantitative estimate of drug-likeness (QED) is 0.890. The van der Waals surface area contributed by atoms with Crippen molar-refractivity contribution in [3.8, 4) is 0 Å². The van der Waals surface area contributed by atoms with Gasteiger partial charge in [0.05, 0.1) is 0 Å². The Balaban J connectivity index is 1.99. The number of thioether (sulfide) groups is 1. The summed E-state index contributed by atoms with van der Waals surface area (Å²) in [6.07, 6.45) is 7.16. The van der Waals surface area contributed by atoms with E-state index in [2.05, 4.69) is 27.5 Å². The first-order chi connectivity index (χ1) is 9.06. The van der Waals surface area contributed by atoms with Crippen LogP contribution in [0.2, 0.25) is 0 Å². The number of aryl methyl sites for hydroxylation is 1. The lowest BCUT2D eigenvalue weighted by atomic mass is 10.1. The Morgan fingerprint density at radius 3 is 2.68 bits per heavy atom. The Kier molecular flexibility index (Phi) is 4.96. The van der Waals surface area contributed by atoms with E-state index in [9.17, 15) is 4.79 Å². The molecule has 0 atom stereocenters. The molecule has 0 radical (unpaired) electrons. The molecule has 1 N–H and O–H groups in total. The summed E-state index contributed by atoms with van der Waals surface area (Å²) in [5.41, 5.74) is 1.84. The minimum atomic E-state index is 0.0379. The number of hydrogen-bond donors (Lipinski definition) is 1. The number of carbonyl (C=O) groups is 1. The Morgan fingerprint density at radius 1 is 1.42 bits per heavy atom. The third kappa shape index (κ3) is 3.54. The molecule has 2 nitrogen and oxygen atoms in total. The van der Waals surface area contributed by atoms with Crippen LogP contribution in [0.5, 0.6) is 0 Å². The van der Waals surface area contributed by atoms with Crippen molar-refractivity contribution in [1.29, 1.82) is 0 Å². The van der Waals surface area contributed by atoms with Gasteiger partial charge < -0.3 is 5.32 Å². The van der Waals surface area contributed by atoms with Crippen LogP contribution in [0.25, 0.3) is 0 Å². The summed E-state index contributed by atoms with van der Waals surface area (Å²) in [4.78, 5) is 12.2. The number of rotatable bonds is 4. The lowest BCUT2D eigenvalue weighted by Gasteiger charge is -2.26. The van der Waals surface area contributed by atoms with Gasteiger partial charge in [-0.2, -0.15) is 11.8 Å². The van der Waals surface area contributed by atoms with E-state index < -0.39 is 0 Å². The highest BCUT2D eigenvalue weighted by atomic mass is 79.9. The second-order valence-corrected chi connectivity index (χ2v) is 7.37. The molecular weight excluding hydrogens is 322 g/mol. The highest BCUT2D eigenvalue weighted by molar-refractivity contribution is 9.10. The van der Waals surface area contributed by atoms with Crippen molar-refractivity contribution < 1.29 is 4.79 Å². The first-order valence-electron chi connectivity index (χ1n) is 6.66. The van der Waals surface area contributed by atoms with E-state index in [-0.39, 0.29) is 10.7 Å². The first-order valence-corrected chi connectivity index (χ1v) is 8.68. The molecule has 4 heteroatoms. The van der Waals surface area contributed by atoms with Gasteiger partial charge in [-0.3, -0.25) is 4.79 Å². The molecule has 1 aliphatic rings. The van der Waals surface area contributed by atoms with Gasteiger partial charge in [-0.25, -0.2) is 0 Å². The van der Waals surface area contributed by atoms with Crippen LogP contribution >= 0.6 is 27.7 Å². The Hall–Kier alpha value is -0.480. The zero-order valence-electron chi connectivity index (χ0n) is 11.5. The standard InChI is InChI=1S/C15H20BrNOS/c1-11-9-12(5-6-13(11)16)14(18)17-10-15(19-2)7-3-4-8-15/h5-6,9H,3-4,7-8,10H2,1-2H3,(H,17,18). The third-order valence-corrected chi connectivity index (χ3v) is 6.25. The number of carbonyl (C=O) groups excluding carboxylic acids is 1. The Morgan fingerprint density at radius 2 is 2.11 bits per heavy atom. The monoisotopic (exact) mass is 341 g/mol. The van der Waals surface area contributed by atoms with Crippen molar-refractivity contribution in [3.63, 3.8) is 0 Å². The molecule has 1 aromatic rings. The maximum Gasteiger partial charge on any atom is 0.251 e. The molecule has 0 heterocycles. The maximum absolute atomic E-state index is 12.2. The summed E-state index contributed by atoms with van der Waals surface area (Å²) in [5, 5.41) is 3.10. The zero-order valence-corrected chi connectivity index (χ0v) is 13.9. The molecule has 1 saturated carbocycles. The zero-order chi connectivity index (χ0) is 13.9. The third-order valence-electron chi connectivity index (χ3n) is 3.94. The highest BCUT2D eigenvalue weighted by Crippen LogP contribution is 2.39. The largest absolute Gasteiger partial charge is 0.351 e. The molecular formula is C15H20BrNOS. The van der Waals surface area contributed by atoms with Crippen LogP contribution in [-0.4, -0.2) is 23.5 Å². The van der Waals surface area contributed by atoms with Crippen LogP contribution < -0.4 is 5.32 Å². The molecule has 19 heavy (non-hydrogen) atoms. The van der Waals surface area contributed by atoms with E-state index in [1.54, 1.807) is 0 Å². The van der Waals surface area contributed by atoms with Crippen LogP contribution in [0.15, 0.2) is 22.7 Å². The SMILES string of the molecule is CSC1(CNC(=O)c2ccc(Br)c(C)c2)CCCC1. The fourth-order valence-electron chi connectivity index (χ4n) is 2.60. The molecule has 104 valence electrons. The van der Waals surface area contributed by atoms with Gasteiger partial charge in [-0.1, -0.05) is 28.8 Å². The fourth-order valence-corrected chi connectivity index (χ4v) is 3.76. The first kappa shape index (κ1) is 14.9. The van der Waals surface area contributed by atoms with Gasteiger partial charge in [0, 0.05) is 21.3 Å². The van der Waals surface area contributed by atoms with Crippen molar-refractivity contribution >= 4 is 33.6 Å². The van der Waals surface area contributed by atoms with Crippen molar-refractivity contribution in [2.45, 2.75) is 37.4 Å². The summed E-state index contributed by atoms with van der Waals surface area (Å²) in [6, 6.07) is 5.73. The molecule has 0 unspecified atom stereocenters. The topological polar surface area (TPSA) is 29.1 Å². The Labute approximate surface area is 127 Å². The van der Waals surface area contributed by atoms with Gasteiger partial charge in [-0.05, 0) is 49.8 Å². The molecule has 0 bridgehead atoms. The molecule has 1 fully saturated rings. The second kappa shape index (κ2) is 6.31. The molecule has 0 aliphatic heterocycles. The molecule has 1 aromatic carbocycles. The molecule has 2 rings (SSSR count). The van der Waals surface area contributed by atoms with Gasteiger partial charge in [-0.15, -0.1) is 0 Å². The van der Waals surface area contributed by atoms with Crippen molar-refractivity contribution in [2.75, 3.05) is 12.8 Å². The van der Waals surface area contributed by atoms with Crippen molar-refractivity contribution in [2.24, 2.45) is 0 Å². The van der Waals surface area contributed by atoms with E-state index in [0.717, 1.165) is 22.1 Å². The highest BCUT2D eigenvalue weighted by Gasteiger charge is 2.33. The van der Waals surface area contributed by atoms with Crippen LogP contribution in [0.3, 0.4) is 0 Å². The summed E-state index contributed by atoms with van der Waals surface area (Å²) >= 11 is 5.36. The van der Waals surface area contributed by atoms with E-state index >= 15 is 0 Å². The van der Waals surface area contributed by atoms with Gasteiger partial charge >= 0.3 is 0 Å².